The summed E-state index contributed by atoms with van der Waals surface area (Å²) in [6, 6.07) is 14.7. The summed E-state index contributed by atoms with van der Waals surface area (Å²) in [7, 11) is 0. The van der Waals surface area contributed by atoms with Crippen LogP contribution in [0.15, 0.2) is 48.5 Å². The lowest BCUT2D eigenvalue weighted by Crippen LogP contribution is -2.34. The topological polar surface area (TPSA) is 84.3 Å². The van der Waals surface area contributed by atoms with Gasteiger partial charge in [-0.3, -0.25) is 14.9 Å². The first-order valence-corrected chi connectivity index (χ1v) is 9.01. The lowest BCUT2D eigenvalue weighted by atomic mass is 9.82. The molecule has 0 aliphatic carbocycles. The minimum Gasteiger partial charge on any atom is -0.326 e. The number of non-ortho nitro benzene ring substituents is 1. The third-order valence-electron chi connectivity index (χ3n) is 4.39. The van der Waals surface area contributed by atoms with Gasteiger partial charge in [0.1, 0.15) is 0 Å². The van der Waals surface area contributed by atoms with Gasteiger partial charge in [-0.1, -0.05) is 51.1 Å². The number of nitrogens with one attached hydrogen (secondary N) is 2. The zero-order valence-corrected chi connectivity index (χ0v) is 16.3. The van der Waals surface area contributed by atoms with E-state index >= 15 is 0 Å². The molecule has 0 fully saturated rings. The molecular formula is C21H27N3O3. The van der Waals surface area contributed by atoms with Gasteiger partial charge in [-0.2, -0.15) is 0 Å². The van der Waals surface area contributed by atoms with Crippen molar-refractivity contribution in [1.82, 2.24) is 5.32 Å². The van der Waals surface area contributed by atoms with Gasteiger partial charge in [-0.15, -0.1) is 0 Å². The van der Waals surface area contributed by atoms with E-state index in [4.69, 9.17) is 0 Å². The van der Waals surface area contributed by atoms with Gasteiger partial charge in [0.05, 0.1) is 4.92 Å². The maximum Gasteiger partial charge on any atom is 0.269 e. The predicted molar refractivity (Wildman–Crippen MR) is 108 cm³/mol. The smallest absolute Gasteiger partial charge is 0.269 e. The minimum absolute atomic E-state index is 0.00673. The highest BCUT2D eigenvalue weighted by atomic mass is 16.6. The second-order valence-corrected chi connectivity index (χ2v) is 7.72. The van der Waals surface area contributed by atoms with Crippen LogP contribution in [0.1, 0.15) is 44.4 Å². The van der Waals surface area contributed by atoms with Crippen molar-refractivity contribution in [2.24, 2.45) is 5.41 Å². The van der Waals surface area contributed by atoms with Crippen molar-refractivity contribution in [2.75, 3.05) is 11.9 Å². The molecule has 0 aromatic heterocycles. The van der Waals surface area contributed by atoms with Crippen LogP contribution < -0.4 is 10.6 Å². The molecule has 27 heavy (non-hydrogen) atoms. The van der Waals surface area contributed by atoms with Gasteiger partial charge in [-0.05, 0) is 29.5 Å². The quantitative estimate of drug-likeness (QED) is 0.551. The standard InChI is InChI=1S/C21H27N3O3/c1-15-14-17(24(26)27)10-11-18(15)23-19(25)12-13-22-20(21(2,3)4)16-8-6-5-7-9-16/h5-11,14,20,22H,12-13H2,1-4H3,(H,23,25). The molecule has 2 N–H and O–H groups in total. The highest BCUT2D eigenvalue weighted by molar-refractivity contribution is 5.91. The fourth-order valence-corrected chi connectivity index (χ4v) is 3.01. The summed E-state index contributed by atoms with van der Waals surface area (Å²) >= 11 is 0. The van der Waals surface area contributed by atoms with Crippen molar-refractivity contribution in [2.45, 2.75) is 40.2 Å². The molecule has 2 aromatic carbocycles. The number of rotatable bonds is 7. The molecule has 0 saturated carbocycles. The second-order valence-electron chi connectivity index (χ2n) is 7.72. The first-order chi connectivity index (χ1) is 12.7. The Labute approximate surface area is 160 Å². The third kappa shape index (κ3) is 5.89. The van der Waals surface area contributed by atoms with Crippen molar-refractivity contribution < 1.29 is 9.72 Å². The zero-order chi connectivity index (χ0) is 20.0. The average Bonchev–Trinajstić information content (AvgIpc) is 2.60. The van der Waals surface area contributed by atoms with E-state index in [2.05, 4.69) is 43.5 Å². The highest BCUT2D eigenvalue weighted by Crippen LogP contribution is 2.32. The number of carbonyl (C=O) groups excluding carboxylic acids is 1. The number of anilines is 1. The summed E-state index contributed by atoms with van der Waals surface area (Å²) in [4.78, 5) is 22.6. The molecule has 0 spiro atoms. The molecule has 0 radical (unpaired) electrons. The van der Waals surface area contributed by atoms with Crippen LogP contribution in [-0.2, 0) is 4.79 Å². The molecule has 0 aliphatic rings. The lowest BCUT2D eigenvalue weighted by molar-refractivity contribution is -0.384. The van der Waals surface area contributed by atoms with Crippen molar-refractivity contribution in [1.29, 1.82) is 0 Å². The minimum atomic E-state index is -0.446. The van der Waals surface area contributed by atoms with E-state index < -0.39 is 4.92 Å². The molecule has 1 atom stereocenters. The van der Waals surface area contributed by atoms with Gasteiger partial charge in [0, 0.05) is 36.8 Å². The summed E-state index contributed by atoms with van der Waals surface area (Å²) in [5.41, 5.74) is 2.48. The van der Waals surface area contributed by atoms with Gasteiger partial charge in [0.2, 0.25) is 5.91 Å². The van der Waals surface area contributed by atoms with Crippen molar-refractivity contribution >= 4 is 17.3 Å². The number of hydrogen-bond acceptors (Lipinski definition) is 4. The maximum atomic E-state index is 12.3. The third-order valence-corrected chi connectivity index (χ3v) is 4.39. The number of nitro groups is 1. The van der Waals surface area contributed by atoms with Crippen LogP contribution in [0.3, 0.4) is 0 Å². The van der Waals surface area contributed by atoms with Gasteiger partial charge >= 0.3 is 0 Å². The van der Waals surface area contributed by atoms with Crippen molar-refractivity contribution in [3.05, 3.63) is 69.8 Å². The summed E-state index contributed by atoms with van der Waals surface area (Å²) < 4.78 is 0. The van der Waals surface area contributed by atoms with Crippen LogP contribution in [0.4, 0.5) is 11.4 Å². The molecule has 0 bridgehead atoms. The molecule has 144 valence electrons. The second kappa shape index (κ2) is 8.77. The van der Waals surface area contributed by atoms with E-state index in [-0.39, 0.29) is 23.1 Å². The van der Waals surface area contributed by atoms with Gasteiger partial charge in [0.15, 0.2) is 0 Å². The van der Waals surface area contributed by atoms with Crippen molar-refractivity contribution in [3.63, 3.8) is 0 Å². The summed E-state index contributed by atoms with van der Waals surface area (Å²) in [5, 5.41) is 17.1. The Bertz CT molecular complexity index is 798. The van der Waals surface area contributed by atoms with Crippen molar-refractivity contribution in [3.8, 4) is 0 Å². The number of benzene rings is 2. The Morgan fingerprint density at radius 1 is 1.15 bits per heavy atom. The Balaban J connectivity index is 1.94. The molecule has 6 heteroatoms. The number of amides is 1. The Morgan fingerprint density at radius 2 is 1.81 bits per heavy atom. The number of carbonyl (C=O) groups is 1. The first kappa shape index (κ1) is 20.6. The zero-order valence-electron chi connectivity index (χ0n) is 16.3. The van der Waals surface area contributed by atoms with E-state index in [1.807, 2.05) is 18.2 Å². The van der Waals surface area contributed by atoms with E-state index in [1.54, 1.807) is 13.0 Å². The van der Waals surface area contributed by atoms with E-state index in [0.717, 1.165) is 0 Å². The molecular weight excluding hydrogens is 342 g/mol. The number of nitro benzene ring substituents is 1. The predicted octanol–water partition coefficient (Wildman–Crippen LogP) is 4.61. The molecule has 2 aromatic rings. The summed E-state index contributed by atoms with van der Waals surface area (Å²) in [6.07, 6.45) is 0.315. The molecule has 2 rings (SSSR count). The Kier molecular flexibility index (Phi) is 6.69. The van der Waals surface area contributed by atoms with Gasteiger partial charge in [-0.25, -0.2) is 0 Å². The van der Waals surface area contributed by atoms with Crippen LogP contribution in [0.2, 0.25) is 0 Å². The maximum absolute atomic E-state index is 12.3. The number of nitrogens with zero attached hydrogens (tertiary/aromatic N) is 1. The van der Waals surface area contributed by atoms with Crippen LogP contribution in [-0.4, -0.2) is 17.4 Å². The Morgan fingerprint density at radius 3 is 2.37 bits per heavy atom. The monoisotopic (exact) mass is 369 g/mol. The largest absolute Gasteiger partial charge is 0.326 e. The average molecular weight is 369 g/mol. The van der Waals surface area contributed by atoms with Crippen LogP contribution in [0.5, 0.6) is 0 Å². The number of hydrogen-bond donors (Lipinski definition) is 2. The first-order valence-electron chi connectivity index (χ1n) is 9.01. The molecule has 1 unspecified atom stereocenters. The molecule has 6 nitrogen and oxygen atoms in total. The normalized spacial score (nSPS) is 12.4. The SMILES string of the molecule is Cc1cc([N+](=O)[O-])ccc1NC(=O)CCNC(c1ccccc1)C(C)(C)C. The molecule has 0 aliphatic heterocycles. The van der Waals surface area contributed by atoms with Gasteiger partial charge < -0.3 is 10.6 Å². The summed E-state index contributed by atoms with van der Waals surface area (Å²) in [6.45, 7) is 8.77. The highest BCUT2D eigenvalue weighted by Gasteiger charge is 2.25. The van der Waals surface area contributed by atoms with Crippen LogP contribution >= 0.6 is 0 Å². The van der Waals surface area contributed by atoms with E-state index in [9.17, 15) is 14.9 Å². The molecule has 0 saturated heterocycles. The lowest BCUT2D eigenvalue weighted by Gasteiger charge is -2.32. The van der Waals surface area contributed by atoms with Crippen LogP contribution in [0, 0.1) is 22.5 Å². The fraction of sp³-hybridized carbons (Fsp3) is 0.381. The fourth-order valence-electron chi connectivity index (χ4n) is 3.01. The summed E-state index contributed by atoms with van der Waals surface area (Å²) in [5.74, 6) is -0.125. The molecule has 1 amide bonds. The van der Waals surface area contributed by atoms with E-state index in [0.29, 0.717) is 24.2 Å². The van der Waals surface area contributed by atoms with Crippen LogP contribution in [0.25, 0.3) is 0 Å². The number of aryl methyl sites for hydroxylation is 1. The van der Waals surface area contributed by atoms with E-state index in [1.165, 1.54) is 17.7 Å². The Hall–Kier alpha value is -2.73. The molecule has 0 heterocycles. The van der Waals surface area contributed by atoms with Gasteiger partial charge in [0.25, 0.3) is 5.69 Å².